The third kappa shape index (κ3) is 2.01. The highest BCUT2D eigenvalue weighted by Crippen LogP contribution is 2.39. The maximum absolute atomic E-state index is 12.6. The van der Waals surface area contributed by atoms with Gasteiger partial charge in [0.25, 0.3) is 10.9 Å². The highest BCUT2D eigenvalue weighted by atomic mass is 35.5. The zero-order chi connectivity index (χ0) is 16.9. The number of anilines is 1. The Morgan fingerprint density at radius 3 is 2.09 bits per heavy atom. The number of halogens is 1. The van der Waals surface area contributed by atoms with E-state index in [1.807, 2.05) is 0 Å². The van der Waals surface area contributed by atoms with Crippen LogP contribution in [0.5, 0.6) is 0 Å². The van der Waals surface area contributed by atoms with E-state index in [0.717, 1.165) is 6.07 Å². The number of nitro groups is 1. The van der Waals surface area contributed by atoms with Crippen LogP contribution >= 0.6 is 11.6 Å². The van der Waals surface area contributed by atoms with Crippen molar-refractivity contribution in [3.8, 4) is 0 Å². The van der Waals surface area contributed by atoms with Crippen molar-refractivity contribution in [2.24, 2.45) is 0 Å². The summed E-state index contributed by atoms with van der Waals surface area (Å²) in [7, 11) is 0. The fraction of sp³-hybridized carbons (Fsp3) is 0. The second kappa shape index (κ2) is 4.99. The lowest BCUT2D eigenvalue weighted by molar-refractivity contribution is -0.385. The summed E-state index contributed by atoms with van der Waals surface area (Å²) in [6.07, 6.45) is 0. The second-order valence-corrected chi connectivity index (χ2v) is 5.19. The Balaban J connectivity index is 2.47. The number of nitro benzene ring substituents is 1. The molecule has 2 aromatic carbocycles. The maximum Gasteiger partial charge on any atom is 0.293 e. The highest BCUT2D eigenvalue weighted by Gasteiger charge is 2.40. The Morgan fingerprint density at radius 2 is 1.61 bits per heavy atom. The van der Waals surface area contributed by atoms with Gasteiger partial charge in [-0.25, -0.2) is 0 Å². The molecule has 23 heavy (non-hydrogen) atoms. The predicted octanol–water partition coefficient (Wildman–Crippen LogP) is 2.33. The number of benzene rings is 2. The normalized spacial score (nSPS) is 12.6. The molecular weight excluding hydrogens is 324 g/mol. The van der Waals surface area contributed by atoms with Crippen molar-refractivity contribution in [1.29, 1.82) is 0 Å². The van der Waals surface area contributed by atoms with Crippen molar-refractivity contribution >= 4 is 39.8 Å². The van der Waals surface area contributed by atoms with Crippen molar-refractivity contribution in [2.45, 2.75) is 0 Å². The van der Waals surface area contributed by atoms with Crippen LogP contribution in [0.25, 0.3) is 0 Å². The minimum Gasteiger partial charge on any atom is -0.398 e. The van der Waals surface area contributed by atoms with Gasteiger partial charge in [0.2, 0.25) is 5.78 Å². The van der Waals surface area contributed by atoms with E-state index in [2.05, 4.69) is 0 Å². The number of nitrogens with two attached hydrogens (primary N) is 1. The van der Waals surface area contributed by atoms with Crippen LogP contribution in [-0.4, -0.2) is 21.7 Å². The van der Waals surface area contributed by atoms with E-state index in [9.17, 15) is 24.5 Å². The third-order valence-corrected chi connectivity index (χ3v) is 3.80. The molecule has 0 amide bonds. The minimum atomic E-state index is -1.13. The maximum atomic E-state index is 12.6. The summed E-state index contributed by atoms with van der Waals surface area (Å²) in [5.74, 6) is -1.35. The van der Waals surface area contributed by atoms with Crippen LogP contribution in [-0.2, 0) is 0 Å². The van der Waals surface area contributed by atoms with Gasteiger partial charge in [-0.05, 0) is 17.7 Å². The quantitative estimate of drug-likeness (QED) is 0.333. The topological polar surface area (TPSA) is 120 Å². The van der Waals surface area contributed by atoms with Gasteiger partial charge in [-0.3, -0.25) is 24.5 Å². The van der Waals surface area contributed by atoms with Gasteiger partial charge in [-0.2, -0.15) is 0 Å². The molecule has 2 N–H and O–H groups in total. The van der Waals surface area contributed by atoms with E-state index in [1.54, 1.807) is 6.07 Å². The molecule has 2 aromatic rings. The molecular formula is C15H7ClN2O5. The van der Waals surface area contributed by atoms with Gasteiger partial charge in [-0.1, -0.05) is 24.3 Å². The number of ketones is 2. The van der Waals surface area contributed by atoms with Gasteiger partial charge in [-0.15, -0.1) is 0 Å². The van der Waals surface area contributed by atoms with Crippen LogP contribution < -0.4 is 5.73 Å². The first-order valence-electron chi connectivity index (χ1n) is 6.33. The zero-order valence-corrected chi connectivity index (χ0v) is 12.1. The molecule has 0 saturated heterocycles. The number of carbonyl (C=O) groups excluding carboxylic acids is 3. The Morgan fingerprint density at radius 1 is 1.09 bits per heavy atom. The first-order chi connectivity index (χ1) is 10.8. The number of hydrogen-bond donors (Lipinski definition) is 1. The molecule has 0 atom stereocenters. The molecule has 0 radical (unpaired) electrons. The first kappa shape index (κ1) is 14.9. The Labute approximate surface area is 133 Å². The Hall–Kier alpha value is -3.06. The molecule has 1 aliphatic carbocycles. The summed E-state index contributed by atoms with van der Waals surface area (Å²) in [4.78, 5) is 47.1. The summed E-state index contributed by atoms with van der Waals surface area (Å²) in [5, 5.41) is 10.2. The lowest BCUT2D eigenvalue weighted by atomic mass is 9.81. The fourth-order valence-electron chi connectivity index (χ4n) is 2.65. The van der Waals surface area contributed by atoms with E-state index in [0.29, 0.717) is 0 Å². The number of carbonyl (C=O) groups is 3. The molecule has 0 bridgehead atoms. The largest absolute Gasteiger partial charge is 0.398 e. The summed E-state index contributed by atoms with van der Waals surface area (Å²) in [6, 6.07) is 6.86. The SMILES string of the molecule is Nc1cc(C(=O)Cl)c([N+](=O)[O-])c2c1C(=O)c1ccccc1C2=O. The number of nitrogens with zero attached hydrogens (tertiary/aromatic N) is 1. The van der Waals surface area contributed by atoms with E-state index >= 15 is 0 Å². The number of rotatable bonds is 2. The number of fused-ring (bicyclic) bond motifs is 2. The van der Waals surface area contributed by atoms with Gasteiger partial charge >= 0.3 is 0 Å². The molecule has 0 unspecified atom stereocenters. The van der Waals surface area contributed by atoms with Crippen LogP contribution in [0, 0.1) is 10.1 Å². The van der Waals surface area contributed by atoms with Gasteiger partial charge < -0.3 is 5.73 Å². The van der Waals surface area contributed by atoms with Crippen molar-refractivity contribution in [3.63, 3.8) is 0 Å². The smallest absolute Gasteiger partial charge is 0.293 e. The summed E-state index contributed by atoms with van der Waals surface area (Å²) in [6.45, 7) is 0. The molecule has 0 saturated carbocycles. The third-order valence-electron chi connectivity index (χ3n) is 3.60. The fourth-order valence-corrected chi connectivity index (χ4v) is 2.79. The molecule has 0 aromatic heterocycles. The number of hydrogen-bond acceptors (Lipinski definition) is 6. The molecule has 114 valence electrons. The second-order valence-electron chi connectivity index (χ2n) is 4.85. The molecule has 0 fully saturated rings. The lowest BCUT2D eigenvalue weighted by Gasteiger charge is -2.19. The molecule has 8 heteroatoms. The number of nitrogen functional groups attached to an aromatic ring is 1. The van der Waals surface area contributed by atoms with Crippen molar-refractivity contribution < 1.29 is 19.3 Å². The van der Waals surface area contributed by atoms with Crippen LogP contribution in [0.2, 0.25) is 0 Å². The standard InChI is InChI=1S/C15H7ClN2O5/c16-15(21)8-5-9(17)10-11(12(8)18(22)23)14(20)7-4-2-1-3-6(7)13(10)19/h1-5H,17H2. The van der Waals surface area contributed by atoms with Crippen LogP contribution in [0.15, 0.2) is 30.3 Å². The lowest BCUT2D eigenvalue weighted by Crippen LogP contribution is -2.24. The zero-order valence-electron chi connectivity index (χ0n) is 11.3. The Bertz CT molecular complexity index is 936. The first-order valence-corrected chi connectivity index (χ1v) is 6.71. The molecule has 3 rings (SSSR count). The molecule has 1 aliphatic rings. The van der Waals surface area contributed by atoms with E-state index < -0.39 is 38.5 Å². The van der Waals surface area contributed by atoms with E-state index in [-0.39, 0.29) is 22.4 Å². The minimum absolute atomic E-state index is 0.0201. The van der Waals surface area contributed by atoms with Gasteiger partial charge in [0.15, 0.2) is 5.78 Å². The average molecular weight is 331 g/mol. The Kier molecular flexibility index (Phi) is 3.23. The van der Waals surface area contributed by atoms with Crippen molar-refractivity contribution in [2.75, 3.05) is 5.73 Å². The average Bonchev–Trinajstić information content (AvgIpc) is 2.51. The summed E-state index contributed by atoms with van der Waals surface area (Å²) < 4.78 is 0. The van der Waals surface area contributed by atoms with Crippen LogP contribution in [0.4, 0.5) is 11.4 Å². The van der Waals surface area contributed by atoms with E-state index in [1.165, 1.54) is 18.2 Å². The van der Waals surface area contributed by atoms with E-state index in [4.69, 9.17) is 17.3 Å². The summed E-state index contributed by atoms with van der Waals surface area (Å²) >= 11 is 5.36. The highest BCUT2D eigenvalue weighted by molar-refractivity contribution is 6.68. The van der Waals surface area contributed by atoms with Gasteiger partial charge in [0.05, 0.1) is 10.5 Å². The molecule has 0 heterocycles. The van der Waals surface area contributed by atoms with Gasteiger partial charge in [0.1, 0.15) is 11.1 Å². The van der Waals surface area contributed by atoms with Crippen molar-refractivity contribution in [3.05, 3.63) is 68.3 Å². The van der Waals surface area contributed by atoms with Crippen LogP contribution in [0.3, 0.4) is 0 Å². The molecule has 0 aliphatic heterocycles. The van der Waals surface area contributed by atoms with Gasteiger partial charge in [0, 0.05) is 16.8 Å². The van der Waals surface area contributed by atoms with Crippen LogP contribution in [0.1, 0.15) is 42.2 Å². The molecule has 7 nitrogen and oxygen atoms in total. The predicted molar refractivity (Wildman–Crippen MR) is 81.0 cm³/mol. The molecule has 0 spiro atoms. The van der Waals surface area contributed by atoms with Crippen molar-refractivity contribution in [1.82, 2.24) is 0 Å². The monoisotopic (exact) mass is 330 g/mol. The summed E-state index contributed by atoms with van der Waals surface area (Å²) in [5.41, 5.74) is 3.58.